The second-order valence-electron chi connectivity index (χ2n) is 6.56. The van der Waals surface area contributed by atoms with E-state index in [9.17, 15) is 10.1 Å². The van der Waals surface area contributed by atoms with Crippen molar-refractivity contribution in [1.82, 2.24) is 9.97 Å². The molecule has 1 aliphatic rings. The number of H-pyrrole nitrogens is 1. The zero-order valence-electron chi connectivity index (χ0n) is 14.3. The molecule has 5 nitrogen and oxygen atoms in total. The zero-order valence-corrected chi connectivity index (χ0v) is 16.0. The van der Waals surface area contributed by atoms with Crippen LogP contribution in [0.25, 0.3) is 11.0 Å². The van der Waals surface area contributed by atoms with E-state index in [1.165, 1.54) is 16.6 Å². The molecule has 0 saturated heterocycles. The van der Waals surface area contributed by atoms with Crippen LogP contribution >= 0.6 is 23.1 Å². The monoisotopic (exact) mass is 382 g/mol. The summed E-state index contributed by atoms with van der Waals surface area (Å²) in [7, 11) is 0. The maximum atomic E-state index is 12.4. The van der Waals surface area contributed by atoms with Crippen LogP contribution in [0.2, 0.25) is 0 Å². The Morgan fingerprint density at radius 3 is 3.15 bits per heavy atom. The average molecular weight is 383 g/mol. The van der Waals surface area contributed by atoms with E-state index in [1.54, 1.807) is 11.3 Å². The average Bonchev–Trinajstić information content (AvgIpc) is 3.19. The van der Waals surface area contributed by atoms with Crippen molar-refractivity contribution in [1.29, 1.82) is 5.26 Å². The summed E-state index contributed by atoms with van der Waals surface area (Å²) in [6, 6.07) is 10.1. The molecule has 0 fully saturated rings. The molecule has 26 heavy (non-hydrogen) atoms. The smallest absolute Gasteiger partial charge is 0.235 e. The molecule has 4 rings (SSSR count). The lowest BCUT2D eigenvalue weighted by atomic mass is 9.89. The number of nitrogens with zero attached hydrogens (tertiary/aromatic N) is 2. The van der Waals surface area contributed by atoms with E-state index in [-0.39, 0.29) is 11.7 Å². The predicted octanol–water partition coefficient (Wildman–Crippen LogP) is 4.35. The van der Waals surface area contributed by atoms with Gasteiger partial charge in [-0.2, -0.15) is 5.26 Å². The van der Waals surface area contributed by atoms with E-state index in [0.29, 0.717) is 16.5 Å². The minimum Gasteiger partial charge on any atom is -0.333 e. The van der Waals surface area contributed by atoms with Crippen LogP contribution in [0.15, 0.2) is 29.4 Å². The van der Waals surface area contributed by atoms with Crippen molar-refractivity contribution < 1.29 is 4.79 Å². The summed E-state index contributed by atoms with van der Waals surface area (Å²) in [6.07, 6.45) is 3.03. The number of carbonyl (C=O) groups is 1. The first-order valence-corrected chi connectivity index (χ1v) is 10.4. The van der Waals surface area contributed by atoms with Crippen molar-refractivity contribution in [3.05, 3.63) is 40.3 Å². The molecule has 2 N–H and O–H groups in total. The van der Waals surface area contributed by atoms with Crippen LogP contribution in [0.5, 0.6) is 0 Å². The van der Waals surface area contributed by atoms with Crippen molar-refractivity contribution in [3.8, 4) is 6.07 Å². The van der Waals surface area contributed by atoms with E-state index >= 15 is 0 Å². The van der Waals surface area contributed by atoms with E-state index in [1.807, 2.05) is 24.3 Å². The van der Waals surface area contributed by atoms with E-state index in [0.717, 1.165) is 41.0 Å². The maximum Gasteiger partial charge on any atom is 0.235 e. The number of hydrogen-bond donors (Lipinski definition) is 2. The summed E-state index contributed by atoms with van der Waals surface area (Å²) in [5, 5.41) is 13.9. The number of anilines is 1. The fourth-order valence-electron chi connectivity index (χ4n) is 3.25. The van der Waals surface area contributed by atoms with Crippen molar-refractivity contribution in [2.24, 2.45) is 5.92 Å². The molecule has 0 unspecified atom stereocenters. The Bertz CT molecular complexity index is 981. The summed E-state index contributed by atoms with van der Waals surface area (Å²) >= 11 is 2.92. The zero-order chi connectivity index (χ0) is 18.1. The van der Waals surface area contributed by atoms with Gasteiger partial charge < -0.3 is 10.3 Å². The normalized spacial score (nSPS) is 16.2. The summed E-state index contributed by atoms with van der Waals surface area (Å²) in [5.41, 5.74) is 3.64. The molecule has 1 amide bonds. The number of fused-ring (bicyclic) bond motifs is 2. The van der Waals surface area contributed by atoms with Gasteiger partial charge in [0.1, 0.15) is 11.1 Å². The molecule has 0 radical (unpaired) electrons. The third-order valence-corrected chi connectivity index (χ3v) is 6.63. The first kappa shape index (κ1) is 17.1. The number of imidazole rings is 1. The summed E-state index contributed by atoms with van der Waals surface area (Å²) in [4.78, 5) is 21.3. The van der Waals surface area contributed by atoms with Crippen molar-refractivity contribution in [2.45, 2.75) is 31.3 Å². The molecule has 132 valence electrons. The van der Waals surface area contributed by atoms with Crippen LogP contribution in [-0.4, -0.2) is 21.6 Å². The molecule has 2 heterocycles. The molecular weight excluding hydrogens is 364 g/mol. The van der Waals surface area contributed by atoms with Crippen LogP contribution in [0.1, 0.15) is 29.3 Å². The quantitative estimate of drug-likeness (QED) is 0.657. The summed E-state index contributed by atoms with van der Waals surface area (Å²) in [5.74, 6) is 0.780. The lowest BCUT2D eigenvalue weighted by molar-refractivity contribution is -0.113. The third kappa shape index (κ3) is 3.35. The molecule has 2 aromatic heterocycles. The molecule has 0 bridgehead atoms. The molecule has 1 aromatic carbocycles. The topological polar surface area (TPSA) is 81.6 Å². The number of amides is 1. The van der Waals surface area contributed by atoms with Gasteiger partial charge in [0.2, 0.25) is 5.91 Å². The number of aromatic amines is 1. The number of nitriles is 1. The van der Waals surface area contributed by atoms with Gasteiger partial charge in [0.05, 0.1) is 22.3 Å². The van der Waals surface area contributed by atoms with Gasteiger partial charge in [-0.1, -0.05) is 30.8 Å². The number of carbonyl (C=O) groups excluding carboxylic acids is 1. The van der Waals surface area contributed by atoms with Crippen LogP contribution in [0.3, 0.4) is 0 Å². The number of hydrogen-bond acceptors (Lipinski definition) is 5. The van der Waals surface area contributed by atoms with Crippen molar-refractivity contribution >= 4 is 45.0 Å². The Labute approximate surface area is 159 Å². The number of nitrogens with one attached hydrogen (secondary N) is 2. The molecule has 3 aromatic rings. The SMILES string of the molecule is C[C@H]1CCc2c(sc(NC(=O)CSc3nc4ccccc4[nH]3)c2C#N)C1. The standard InChI is InChI=1S/C19H18N4OS2/c1-11-6-7-12-13(9-20)18(26-16(12)8-11)23-17(24)10-25-19-21-14-4-2-3-5-15(14)22-19/h2-5,11H,6-8,10H2,1H3,(H,21,22)(H,23,24)/t11-/m0/s1. The van der Waals surface area contributed by atoms with Crippen LogP contribution in [-0.2, 0) is 17.6 Å². The van der Waals surface area contributed by atoms with Gasteiger partial charge in [-0.3, -0.25) is 4.79 Å². The summed E-state index contributed by atoms with van der Waals surface area (Å²) < 4.78 is 0. The van der Waals surface area contributed by atoms with Gasteiger partial charge in [-0.15, -0.1) is 11.3 Å². The number of benzene rings is 1. The van der Waals surface area contributed by atoms with Crippen molar-refractivity contribution in [2.75, 3.05) is 11.1 Å². The number of aromatic nitrogens is 2. The highest BCUT2D eigenvalue weighted by Crippen LogP contribution is 2.39. The first-order chi connectivity index (χ1) is 12.6. The Morgan fingerprint density at radius 2 is 2.35 bits per heavy atom. The van der Waals surface area contributed by atoms with Gasteiger partial charge in [-0.25, -0.2) is 4.98 Å². The highest BCUT2D eigenvalue weighted by atomic mass is 32.2. The Hall–Kier alpha value is -2.30. The van der Waals surface area contributed by atoms with Crippen LogP contribution < -0.4 is 5.32 Å². The first-order valence-electron chi connectivity index (χ1n) is 8.56. The van der Waals surface area contributed by atoms with E-state index in [2.05, 4.69) is 28.3 Å². The van der Waals surface area contributed by atoms with E-state index in [4.69, 9.17) is 0 Å². The van der Waals surface area contributed by atoms with Gasteiger partial charge >= 0.3 is 0 Å². The van der Waals surface area contributed by atoms with Gasteiger partial charge in [0, 0.05) is 4.88 Å². The highest BCUT2D eigenvalue weighted by Gasteiger charge is 2.24. The Morgan fingerprint density at radius 1 is 1.50 bits per heavy atom. The largest absolute Gasteiger partial charge is 0.333 e. The van der Waals surface area contributed by atoms with Crippen molar-refractivity contribution in [3.63, 3.8) is 0 Å². The fraction of sp³-hybridized carbons (Fsp3) is 0.316. The third-order valence-electron chi connectivity index (χ3n) is 4.58. The second kappa shape index (κ2) is 7.14. The van der Waals surface area contributed by atoms with Crippen LogP contribution in [0, 0.1) is 17.2 Å². The molecular formula is C19H18N4OS2. The lowest BCUT2D eigenvalue weighted by Crippen LogP contribution is -2.14. The Balaban J connectivity index is 1.44. The fourth-order valence-corrected chi connectivity index (χ4v) is 5.31. The molecule has 0 saturated carbocycles. The maximum absolute atomic E-state index is 12.4. The number of thiophene rings is 1. The van der Waals surface area contributed by atoms with Crippen LogP contribution in [0.4, 0.5) is 5.00 Å². The molecule has 1 atom stereocenters. The molecule has 0 aliphatic heterocycles. The lowest BCUT2D eigenvalue weighted by Gasteiger charge is -2.17. The molecule has 1 aliphatic carbocycles. The minimum absolute atomic E-state index is 0.112. The second-order valence-corrected chi connectivity index (χ2v) is 8.63. The predicted molar refractivity (Wildman–Crippen MR) is 106 cm³/mol. The summed E-state index contributed by atoms with van der Waals surface area (Å²) in [6.45, 7) is 2.23. The highest BCUT2D eigenvalue weighted by molar-refractivity contribution is 7.99. The molecule has 0 spiro atoms. The number of para-hydroxylation sites is 2. The van der Waals surface area contributed by atoms with Gasteiger partial charge in [0.15, 0.2) is 5.16 Å². The van der Waals surface area contributed by atoms with E-state index < -0.39 is 0 Å². The Kier molecular flexibility index (Phi) is 4.70. The molecule has 7 heteroatoms. The minimum atomic E-state index is -0.112. The van der Waals surface area contributed by atoms with Gasteiger partial charge in [0.25, 0.3) is 0 Å². The van der Waals surface area contributed by atoms with Gasteiger partial charge in [-0.05, 0) is 42.9 Å². The number of thioether (sulfide) groups is 1. The number of rotatable bonds is 4.